The van der Waals surface area contributed by atoms with Crippen LogP contribution in [0.25, 0.3) is 0 Å². The van der Waals surface area contributed by atoms with Gasteiger partial charge in [0.05, 0.1) is 19.6 Å². The van der Waals surface area contributed by atoms with Gasteiger partial charge < -0.3 is 9.64 Å². The maximum atomic E-state index is 12.5. The number of hydrogen-bond donors (Lipinski definition) is 0. The molecule has 0 bridgehead atoms. The summed E-state index contributed by atoms with van der Waals surface area (Å²) in [5.74, 6) is 0.407. The Hall–Kier alpha value is -2.41. The predicted octanol–water partition coefficient (Wildman–Crippen LogP) is 0.210. The van der Waals surface area contributed by atoms with Crippen molar-refractivity contribution in [1.82, 2.24) is 14.7 Å². The van der Waals surface area contributed by atoms with E-state index in [0.29, 0.717) is 37.5 Å². The maximum absolute atomic E-state index is 12.5. The van der Waals surface area contributed by atoms with Gasteiger partial charge in [-0.15, -0.1) is 0 Å². The second-order valence-electron chi connectivity index (χ2n) is 6.07. The number of nitrogens with zero attached hydrogens (tertiary/aromatic N) is 3. The number of rotatable bonds is 3. The standard InChI is InChI=1S/C17H21N3O4/c1-18-15(21)11-14(17(18)23)19-7-9-20(10-8-19)16(22)12-3-5-13(24-2)6-4-12/h3-6,14H,7-11H2,1-2H3. The average molecular weight is 331 g/mol. The van der Waals surface area contributed by atoms with Crippen molar-refractivity contribution < 1.29 is 19.1 Å². The molecule has 0 N–H and O–H groups in total. The number of carbonyl (C=O) groups is 3. The molecule has 2 aliphatic heterocycles. The molecular weight excluding hydrogens is 310 g/mol. The number of carbonyl (C=O) groups excluding carboxylic acids is 3. The van der Waals surface area contributed by atoms with Crippen LogP contribution in [0.5, 0.6) is 5.75 Å². The Balaban J connectivity index is 1.59. The molecule has 24 heavy (non-hydrogen) atoms. The van der Waals surface area contributed by atoms with Gasteiger partial charge in [-0.3, -0.25) is 24.2 Å². The van der Waals surface area contributed by atoms with Crippen molar-refractivity contribution in [2.24, 2.45) is 0 Å². The van der Waals surface area contributed by atoms with Gasteiger partial charge in [0.2, 0.25) is 11.8 Å². The molecular formula is C17H21N3O4. The summed E-state index contributed by atoms with van der Waals surface area (Å²) in [5, 5.41) is 0. The Morgan fingerprint density at radius 1 is 1.08 bits per heavy atom. The minimum atomic E-state index is -0.374. The minimum Gasteiger partial charge on any atom is -0.497 e. The van der Waals surface area contributed by atoms with Crippen LogP contribution in [0, 0.1) is 0 Å². The van der Waals surface area contributed by atoms with Crippen LogP contribution in [0.3, 0.4) is 0 Å². The number of amides is 3. The molecule has 7 nitrogen and oxygen atoms in total. The fraction of sp³-hybridized carbons (Fsp3) is 0.471. The molecule has 0 spiro atoms. The van der Waals surface area contributed by atoms with E-state index in [-0.39, 0.29) is 30.2 Å². The van der Waals surface area contributed by atoms with E-state index in [4.69, 9.17) is 4.74 Å². The monoisotopic (exact) mass is 331 g/mol. The number of imide groups is 1. The zero-order valence-corrected chi connectivity index (χ0v) is 13.9. The Kier molecular flexibility index (Phi) is 4.53. The number of likely N-dealkylation sites (tertiary alicyclic amines) is 1. The summed E-state index contributed by atoms with van der Waals surface area (Å²) in [4.78, 5) is 41.2. The second kappa shape index (κ2) is 6.60. The van der Waals surface area contributed by atoms with E-state index in [1.54, 1.807) is 36.3 Å². The normalized spacial score (nSPS) is 22.2. The van der Waals surface area contributed by atoms with E-state index in [2.05, 4.69) is 0 Å². The van der Waals surface area contributed by atoms with Crippen molar-refractivity contribution in [2.45, 2.75) is 12.5 Å². The topological polar surface area (TPSA) is 70.2 Å². The molecule has 1 atom stereocenters. The van der Waals surface area contributed by atoms with E-state index < -0.39 is 0 Å². The lowest BCUT2D eigenvalue weighted by atomic mass is 10.1. The van der Waals surface area contributed by atoms with E-state index in [0.717, 1.165) is 0 Å². The summed E-state index contributed by atoms with van der Waals surface area (Å²) in [6.45, 7) is 2.29. The number of hydrogen-bond acceptors (Lipinski definition) is 5. The van der Waals surface area contributed by atoms with Crippen LogP contribution in [-0.4, -0.2) is 78.8 Å². The van der Waals surface area contributed by atoms with E-state index >= 15 is 0 Å². The van der Waals surface area contributed by atoms with Gasteiger partial charge in [0.25, 0.3) is 5.91 Å². The SMILES string of the molecule is COc1ccc(C(=O)N2CCN(C3CC(=O)N(C)C3=O)CC2)cc1. The van der Waals surface area contributed by atoms with E-state index in [1.807, 2.05) is 4.90 Å². The van der Waals surface area contributed by atoms with Gasteiger partial charge in [0, 0.05) is 38.8 Å². The van der Waals surface area contributed by atoms with Gasteiger partial charge in [-0.1, -0.05) is 0 Å². The Morgan fingerprint density at radius 2 is 1.71 bits per heavy atom. The van der Waals surface area contributed by atoms with Crippen LogP contribution in [-0.2, 0) is 9.59 Å². The molecule has 1 unspecified atom stereocenters. The van der Waals surface area contributed by atoms with Gasteiger partial charge in [0.15, 0.2) is 0 Å². The molecule has 2 saturated heterocycles. The fourth-order valence-corrected chi connectivity index (χ4v) is 3.17. The summed E-state index contributed by atoms with van der Waals surface area (Å²) in [6.07, 6.45) is 0.238. The lowest BCUT2D eigenvalue weighted by Crippen LogP contribution is -2.53. The molecule has 2 heterocycles. The van der Waals surface area contributed by atoms with Gasteiger partial charge in [-0.25, -0.2) is 0 Å². The first-order chi connectivity index (χ1) is 11.5. The zero-order valence-electron chi connectivity index (χ0n) is 13.9. The van der Waals surface area contributed by atoms with Crippen molar-refractivity contribution in [3.05, 3.63) is 29.8 Å². The Labute approximate surface area is 140 Å². The maximum Gasteiger partial charge on any atom is 0.253 e. The lowest BCUT2D eigenvalue weighted by Gasteiger charge is -2.37. The van der Waals surface area contributed by atoms with Gasteiger partial charge in [-0.2, -0.15) is 0 Å². The summed E-state index contributed by atoms with van der Waals surface area (Å²) in [5.41, 5.74) is 0.621. The highest BCUT2D eigenvalue weighted by Crippen LogP contribution is 2.20. The summed E-state index contributed by atoms with van der Waals surface area (Å²) < 4.78 is 5.10. The molecule has 3 rings (SSSR count). The van der Waals surface area contributed by atoms with Crippen LogP contribution in [0.15, 0.2) is 24.3 Å². The van der Waals surface area contributed by atoms with Crippen LogP contribution in [0.1, 0.15) is 16.8 Å². The average Bonchev–Trinajstić information content (AvgIpc) is 2.89. The molecule has 7 heteroatoms. The first kappa shape index (κ1) is 16.4. The number of piperazine rings is 1. The molecule has 0 aromatic heterocycles. The zero-order chi connectivity index (χ0) is 17.3. The van der Waals surface area contributed by atoms with Crippen LogP contribution in [0.4, 0.5) is 0 Å². The van der Waals surface area contributed by atoms with Crippen LogP contribution in [0.2, 0.25) is 0 Å². The summed E-state index contributed by atoms with van der Waals surface area (Å²) in [6, 6.07) is 6.66. The quantitative estimate of drug-likeness (QED) is 0.741. The number of ether oxygens (including phenoxy) is 1. The highest BCUT2D eigenvalue weighted by molar-refractivity contribution is 6.05. The van der Waals surface area contributed by atoms with Crippen molar-refractivity contribution in [3.63, 3.8) is 0 Å². The molecule has 2 fully saturated rings. The van der Waals surface area contributed by atoms with Gasteiger partial charge in [-0.05, 0) is 24.3 Å². The fourth-order valence-electron chi connectivity index (χ4n) is 3.17. The molecule has 0 radical (unpaired) electrons. The predicted molar refractivity (Wildman–Crippen MR) is 86.7 cm³/mol. The minimum absolute atomic E-state index is 0.0248. The molecule has 0 aliphatic carbocycles. The Morgan fingerprint density at radius 3 is 2.21 bits per heavy atom. The summed E-state index contributed by atoms with van der Waals surface area (Å²) in [7, 11) is 3.11. The Bertz CT molecular complexity index is 650. The highest BCUT2D eigenvalue weighted by atomic mass is 16.5. The van der Waals surface area contributed by atoms with Crippen LogP contribution < -0.4 is 4.74 Å². The van der Waals surface area contributed by atoms with Crippen molar-refractivity contribution in [2.75, 3.05) is 40.3 Å². The smallest absolute Gasteiger partial charge is 0.253 e. The molecule has 1 aromatic rings. The highest BCUT2D eigenvalue weighted by Gasteiger charge is 2.40. The first-order valence-electron chi connectivity index (χ1n) is 7.99. The van der Waals surface area contributed by atoms with Crippen molar-refractivity contribution in [3.8, 4) is 5.75 Å². The molecule has 1 aromatic carbocycles. The van der Waals surface area contributed by atoms with Gasteiger partial charge in [0.1, 0.15) is 5.75 Å². The molecule has 128 valence electrons. The molecule has 2 aliphatic rings. The molecule has 3 amide bonds. The number of likely N-dealkylation sites (N-methyl/N-ethyl adjacent to an activating group) is 1. The largest absolute Gasteiger partial charge is 0.497 e. The van der Waals surface area contributed by atoms with Crippen molar-refractivity contribution in [1.29, 1.82) is 0 Å². The van der Waals surface area contributed by atoms with Gasteiger partial charge >= 0.3 is 0 Å². The number of methoxy groups -OCH3 is 1. The number of benzene rings is 1. The van der Waals surface area contributed by atoms with E-state index in [9.17, 15) is 14.4 Å². The third-order valence-electron chi connectivity index (χ3n) is 4.74. The third-order valence-corrected chi connectivity index (χ3v) is 4.74. The molecule has 0 saturated carbocycles. The summed E-state index contributed by atoms with van der Waals surface area (Å²) >= 11 is 0. The van der Waals surface area contributed by atoms with Crippen molar-refractivity contribution >= 4 is 17.7 Å². The van der Waals surface area contributed by atoms with E-state index in [1.165, 1.54) is 11.9 Å². The first-order valence-corrected chi connectivity index (χ1v) is 7.99. The second-order valence-corrected chi connectivity index (χ2v) is 6.07. The lowest BCUT2D eigenvalue weighted by molar-refractivity contribution is -0.138. The van der Waals surface area contributed by atoms with Crippen LogP contribution >= 0.6 is 0 Å². The third kappa shape index (κ3) is 2.99.